The van der Waals surface area contributed by atoms with Gasteiger partial charge in [-0.1, -0.05) is 31.4 Å². The van der Waals surface area contributed by atoms with Gasteiger partial charge >= 0.3 is 0 Å². The van der Waals surface area contributed by atoms with Crippen LogP contribution < -0.4 is 10.5 Å². The maximum Gasteiger partial charge on any atom is 0.232 e. The molecule has 0 saturated heterocycles. The first kappa shape index (κ1) is 15.8. The number of sulfonamides is 1. The van der Waals surface area contributed by atoms with Crippen molar-refractivity contribution >= 4 is 21.5 Å². The Hall–Kier alpha value is -1.56. The number of hydrogen-bond acceptors (Lipinski definition) is 3. The van der Waals surface area contributed by atoms with Crippen LogP contribution in [-0.2, 0) is 16.4 Å². The lowest BCUT2D eigenvalue weighted by atomic mass is 9.91. The molecule has 5 nitrogen and oxygen atoms in total. The molecule has 1 saturated carbocycles. The zero-order valence-corrected chi connectivity index (χ0v) is 13.0. The van der Waals surface area contributed by atoms with Gasteiger partial charge in [-0.25, -0.2) is 8.42 Å². The summed E-state index contributed by atoms with van der Waals surface area (Å²) in [5, 5.41) is 7.24. The molecule has 0 aromatic heterocycles. The highest BCUT2D eigenvalue weighted by molar-refractivity contribution is 7.92. The van der Waals surface area contributed by atoms with Crippen LogP contribution in [-0.4, -0.2) is 20.0 Å². The molecule has 1 fully saturated rings. The maximum atomic E-state index is 12.2. The Morgan fingerprint density at radius 1 is 1.19 bits per heavy atom. The lowest BCUT2D eigenvalue weighted by Crippen LogP contribution is -2.24. The highest BCUT2D eigenvalue weighted by Gasteiger charge is 2.21. The molecule has 2 rings (SSSR count). The fourth-order valence-corrected chi connectivity index (χ4v) is 4.33. The molecule has 1 aliphatic rings. The summed E-state index contributed by atoms with van der Waals surface area (Å²) in [4.78, 5) is 0. The first-order chi connectivity index (χ1) is 9.94. The van der Waals surface area contributed by atoms with Crippen molar-refractivity contribution in [3.63, 3.8) is 0 Å². The highest BCUT2D eigenvalue weighted by Crippen LogP contribution is 2.25. The van der Waals surface area contributed by atoms with E-state index in [1.165, 1.54) is 6.42 Å². The van der Waals surface area contributed by atoms with Crippen molar-refractivity contribution < 1.29 is 8.42 Å². The van der Waals surface area contributed by atoms with Gasteiger partial charge in [0.25, 0.3) is 0 Å². The molecule has 0 bridgehead atoms. The smallest absolute Gasteiger partial charge is 0.232 e. The molecule has 1 aromatic carbocycles. The molecule has 0 atom stereocenters. The second-order valence-corrected chi connectivity index (χ2v) is 7.55. The van der Waals surface area contributed by atoms with Crippen LogP contribution in [0.5, 0.6) is 0 Å². The van der Waals surface area contributed by atoms with Gasteiger partial charge in [-0.15, -0.1) is 0 Å². The number of nitrogens with two attached hydrogens (primary N) is 1. The van der Waals surface area contributed by atoms with Gasteiger partial charge in [-0.2, -0.15) is 0 Å². The molecule has 116 valence electrons. The van der Waals surface area contributed by atoms with E-state index in [2.05, 4.69) is 4.72 Å². The van der Waals surface area contributed by atoms with Crippen molar-refractivity contribution in [2.45, 2.75) is 38.5 Å². The van der Waals surface area contributed by atoms with E-state index < -0.39 is 10.0 Å². The van der Waals surface area contributed by atoms with Crippen LogP contribution in [0.2, 0.25) is 0 Å². The standard InChI is InChI=1S/C15H23N3O2S/c16-15(17)10-12-6-8-14(9-7-12)18-21(19,20)11-13-4-2-1-3-5-13/h6-9,13,18H,1-5,10-11H2,(H3,16,17). The van der Waals surface area contributed by atoms with Gasteiger partial charge in [0.2, 0.25) is 10.0 Å². The Labute approximate surface area is 126 Å². The predicted molar refractivity (Wildman–Crippen MR) is 86.0 cm³/mol. The summed E-state index contributed by atoms with van der Waals surface area (Å²) in [7, 11) is -3.29. The van der Waals surface area contributed by atoms with Crippen LogP contribution in [0.3, 0.4) is 0 Å². The maximum absolute atomic E-state index is 12.2. The van der Waals surface area contributed by atoms with Crippen LogP contribution in [0.25, 0.3) is 0 Å². The summed E-state index contributed by atoms with van der Waals surface area (Å²) >= 11 is 0. The lowest BCUT2D eigenvalue weighted by molar-refractivity contribution is 0.385. The van der Waals surface area contributed by atoms with Gasteiger partial charge in [0.15, 0.2) is 0 Å². The summed E-state index contributed by atoms with van der Waals surface area (Å²) in [5.41, 5.74) is 6.81. The highest BCUT2D eigenvalue weighted by atomic mass is 32.2. The lowest BCUT2D eigenvalue weighted by Gasteiger charge is -2.21. The summed E-state index contributed by atoms with van der Waals surface area (Å²) in [6, 6.07) is 7.02. The van der Waals surface area contributed by atoms with Crippen molar-refractivity contribution in [3.05, 3.63) is 29.8 Å². The van der Waals surface area contributed by atoms with Gasteiger partial charge in [0, 0.05) is 12.1 Å². The molecule has 1 aliphatic carbocycles. The molecule has 0 unspecified atom stereocenters. The molecule has 1 aromatic rings. The zero-order valence-electron chi connectivity index (χ0n) is 12.1. The third-order valence-corrected chi connectivity index (χ3v) is 5.26. The van der Waals surface area contributed by atoms with E-state index in [1.807, 2.05) is 0 Å². The first-order valence-electron chi connectivity index (χ1n) is 7.37. The van der Waals surface area contributed by atoms with Crippen molar-refractivity contribution in [1.82, 2.24) is 0 Å². The molecule has 0 radical (unpaired) electrons. The van der Waals surface area contributed by atoms with Crippen molar-refractivity contribution in [2.75, 3.05) is 10.5 Å². The average Bonchev–Trinajstić information content (AvgIpc) is 2.40. The topological polar surface area (TPSA) is 96.0 Å². The fraction of sp³-hybridized carbons (Fsp3) is 0.533. The molecule has 0 amide bonds. The minimum atomic E-state index is -3.29. The Morgan fingerprint density at radius 2 is 1.81 bits per heavy atom. The number of hydrogen-bond donors (Lipinski definition) is 3. The summed E-state index contributed by atoms with van der Waals surface area (Å²) in [5.74, 6) is 0.594. The zero-order chi connectivity index (χ0) is 15.3. The first-order valence-corrected chi connectivity index (χ1v) is 9.02. The molecule has 0 spiro atoms. The minimum absolute atomic E-state index is 0.0978. The number of rotatable bonds is 6. The Morgan fingerprint density at radius 3 is 2.38 bits per heavy atom. The van der Waals surface area contributed by atoms with Crippen molar-refractivity contribution in [1.29, 1.82) is 5.41 Å². The minimum Gasteiger partial charge on any atom is -0.387 e. The van der Waals surface area contributed by atoms with Crippen LogP contribution in [0, 0.1) is 11.3 Å². The van der Waals surface area contributed by atoms with Crippen molar-refractivity contribution in [2.24, 2.45) is 11.7 Å². The third-order valence-electron chi connectivity index (χ3n) is 3.80. The van der Waals surface area contributed by atoms with Gasteiger partial charge < -0.3 is 5.73 Å². The quantitative estimate of drug-likeness (QED) is 0.556. The van der Waals surface area contributed by atoms with E-state index in [4.69, 9.17) is 11.1 Å². The molecule has 0 heterocycles. The number of anilines is 1. The normalized spacial score (nSPS) is 16.6. The monoisotopic (exact) mass is 309 g/mol. The summed E-state index contributed by atoms with van der Waals surface area (Å²) < 4.78 is 27.0. The Kier molecular flexibility index (Phi) is 5.22. The van der Waals surface area contributed by atoms with Gasteiger partial charge in [0.1, 0.15) is 0 Å². The number of amidine groups is 1. The Bertz CT molecular complexity index is 575. The number of benzene rings is 1. The average molecular weight is 309 g/mol. The van der Waals surface area contributed by atoms with E-state index in [-0.39, 0.29) is 17.5 Å². The molecule has 21 heavy (non-hydrogen) atoms. The molecule has 4 N–H and O–H groups in total. The largest absolute Gasteiger partial charge is 0.387 e. The van der Waals surface area contributed by atoms with Crippen LogP contribution in [0.1, 0.15) is 37.7 Å². The predicted octanol–water partition coefficient (Wildman–Crippen LogP) is 2.49. The second-order valence-electron chi connectivity index (χ2n) is 5.79. The van der Waals surface area contributed by atoms with E-state index in [0.29, 0.717) is 12.1 Å². The van der Waals surface area contributed by atoms with E-state index in [1.54, 1.807) is 24.3 Å². The van der Waals surface area contributed by atoms with Gasteiger partial charge in [-0.05, 0) is 36.5 Å². The van der Waals surface area contributed by atoms with Gasteiger partial charge in [-0.3, -0.25) is 10.1 Å². The number of nitrogens with one attached hydrogen (secondary N) is 2. The molecular weight excluding hydrogens is 286 g/mol. The Balaban J connectivity index is 1.94. The van der Waals surface area contributed by atoms with E-state index in [0.717, 1.165) is 31.2 Å². The molecular formula is C15H23N3O2S. The SMILES string of the molecule is N=C(N)Cc1ccc(NS(=O)(=O)CC2CCCCC2)cc1. The van der Waals surface area contributed by atoms with Crippen LogP contribution in [0.15, 0.2) is 24.3 Å². The summed E-state index contributed by atoms with van der Waals surface area (Å²) in [6.07, 6.45) is 5.91. The summed E-state index contributed by atoms with van der Waals surface area (Å²) in [6.45, 7) is 0. The van der Waals surface area contributed by atoms with E-state index in [9.17, 15) is 8.42 Å². The van der Waals surface area contributed by atoms with Gasteiger partial charge in [0.05, 0.1) is 11.6 Å². The van der Waals surface area contributed by atoms with Crippen LogP contribution in [0.4, 0.5) is 5.69 Å². The fourth-order valence-electron chi connectivity index (χ4n) is 2.80. The van der Waals surface area contributed by atoms with E-state index >= 15 is 0 Å². The van der Waals surface area contributed by atoms with Crippen molar-refractivity contribution in [3.8, 4) is 0 Å². The molecule has 6 heteroatoms. The third kappa shape index (κ3) is 5.38. The second kappa shape index (κ2) is 6.93. The molecule has 0 aliphatic heterocycles. The van der Waals surface area contributed by atoms with Crippen LogP contribution >= 0.6 is 0 Å².